The standard InChI is InChI=1S/C15H31NO3/c1-13(14-7-5-3-4-6-8-14)16-11-15(17)12-19-10-9-18-2/h13-17H,3-12H2,1-2H3/t13-,15?/m1/s1. The van der Waals surface area contributed by atoms with E-state index in [1.807, 2.05) is 0 Å². The van der Waals surface area contributed by atoms with Gasteiger partial charge in [-0.1, -0.05) is 25.7 Å². The van der Waals surface area contributed by atoms with Crippen molar-refractivity contribution in [3.63, 3.8) is 0 Å². The minimum absolute atomic E-state index is 0.383. The summed E-state index contributed by atoms with van der Waals surface area (Å²) in [6.07, 6.45) is 7.73. The number of hydrogen-bond donors (Lipinski definition) is 2. The number of aliphatic hydroxyl groups is 1. The second-order valence-electron chi connectivity index (χ2n) is 5.67. The minimum Gasteiger partial charge on any atom is -0.389 e. The smallest absolute Gasteiger partial charge is 0.0897 e. The lowest BCUT2D eigenvalue weighted by atomic mass is 9.93. The van der Waals surface area contributed by atoms with Gasteiger partial charge in [0.05, 0.1) is 25.9 Å². The van der Waals surface area contributed by atoms with Crippen molar-refractivity contribution < 1.29 is 14.6 Å². The average Bonchev–Trinajstić information content (AvgIpc) is 2.70. The molecule has 19 heavy (non-hydrogen) atoms. The summed E-state index contributed by atoms with van der Waals surface area (Å²) in [5.74, 6) is 0.768. The lowest BCUT2D eigenvalue weighted by molar-refractivity contribution is 0.0123. The van der Waals surface area contributed by atoms with Crippen molar-refractivity contribution in [2.45, 2.75) is 57.6 Å². The maximum Gasteiger partial charge on any atom is 0.0897 e. The maximum atomic E-state index is 9.82. The summed E-state index contributed by atoms with van der Waals surface area (Å²) in [5.41, 5.74) is 0. The van der Waals surface area contributed by atoms with E-state index in [1.54, 1.807) is 7.11 Å². The third-order valence-electron chi connectivity index (χ3n) is 4.02. The average molecular weight is 273 g/mol. The highest BCUT2D eigenvalue weighted by Gasteiger charge is 2.19. The van der Waals surface area contributed by atoms with Crippen LogP contribution in [0.5, 0.6) is 0 Å². The number of rotatable bonds is 9. The van der Waals surface area contributed by atoms with Crippen LogP contribution in [0.2, 0.25) is 0 Å². The van der Waals surface area contributed by atoms with Crippen molar-refractivity contribution in [1.29, 1.82) is 0 Å². The number of nitrogens with one attached hydrogen (secondary N) is 1. The lowest BCUT2D eigenvalue weighted by Gasteiger charge is -2.25. The molecule has 1 saturated carbocycles. The van der Waals surface area contributed by atoms with E-state index in [-0.39, 0.29) is 0 Å². The Morgan fingerprint density at radius 3 is 2.47 bits per heavy atom. The van der Waals surface area contributed by atoms with Gasteiger partial charge in [-0.15, -0.1) is 0 Å². The molecule has 2 atom stereocenters. The van der Waals surface area contributed by atoms with Crippen molar-refractivity contribution >= 4 is 0 Å². The Balaban J connectivity index is 2.08. The number of aliphatic hydroxyl groups excluding tert-OH is 1. The monoisotopic (exact) mass is 273 g/mol. The van der Waals surface area contributed by atoms with Crippen molar-refractivity contribution in [3.8, 4) is 0 Å². The number of hydrogen-bond acceptors (Lipinski definition) is 4. The van der Waals surface area contributed by atoms with Crippen molar-refractivity contribution in [3.05, 3.63) is 0 Å². The Labute approximate surface area is 117 Å². The molecule has 114 valence electrons. The van der Waals surface area contributed by atoms with Gasteiger partial charge in [0.2, 0.25) is 0 Å². The van der Waals surface area contributed by atoms with E-state index in [0.717, 1.165) is 5.92 Å². The molecule has 1 rings (SSSR count). The minimum atomic E-state index is -0.426. The molecular formula is C15H31NO3. The molecular weight excluding hydrogens is 242 g/mol. The highest BCUT2D eigenvalue weighted by atomic mass is 16.5. The molecule has 1 unspecified atom stereocenters. The van der Waals surface area contributed by atoms with E-state index in [9.17, 15) is 5.11 Å². The molecule has 0 aromatic carbocycles. The Bertz CT molecular complexity index is 206. The molecule has 2 N–H and O–H groups in total. The Morgan fingerprint density at radius 2 is 1.84 bits per heavy atom. The molecule has 1 fully saturated rings. The highest BCUT2D eigenvalue weighted by molar-refractivity contribution is 4.76. The molecule has 0 radical (unpaired) electrons. The first kappa shape index (κ1) is 16.9. The van der Waals surface area contributed by atoms with Crippen molar-refractivity contribution in [2.75, 3.05) is 33.5 Å². The summed E-state index contributed by atoms with van der Waals surface area (Å²) in [4.78, 5) is 0. The van der Waals surface area contributed by atoms with Gasteiger partial charge in [-0.05, 0) is 25.7 Å². The van der Waals surface area contributed by atoms with Gasteiger partial charge in [0.1, 0.15) is 0 Å². The molecule has 1 aliphatic carbocycles. The fourth-order valence-electron chi connectivity index (χ4n) is 2.72. The molecule has 0 spiro atoms. The molecule has 0 aromatic rings. The predicted octanol–water partition coefficient (Wildman–Crippen LogP) is 1.96. The van der Waals surface area contributed by atoms with E-state index in [2.05, 4.69) is 12.2 Å². The Kier molecular flexibility index (Phi) is 9.43. The van der Waals surface area contributed by atoms with Gasteiger partial charge in [0, 0.05) is 19.7 Å². The van der Waals surface area contributed by atoms with Gasteiger partial charge < -0.3 is 19.9 Å². The fraction of sp³-hybridized carbons (Fsp3) is 1.00. The molecule has 0 aliphatic heterocycles. The van der Waals surface area contributed by atoms with Crippen LogP contribution in [0.15, 0.2) is 0 Å². The van der Waals surface area contributed by atoms with Gasteiger partial charge in [-0.25, -0.2) is 0 Å². The quantitative estimate of drug-likeness (QED) is 0.498. The first-order chi connectivity index (χ1) is 9.24. The van der Waals surface area contributed by atoms with Gasteiger partial charge in [-0.2, -0.15) is 0 Å². The van der Waals surface area contributed by atoms with Crippen LogP contribution in [0.25, 0.3) is 0 Å². The zero-order chi connectivity index (χ0) is 13.9. The lowest BCUT2D eigenvalue weighted by Crippen LogP contribution is -2.40. The van der Waals surface area contributed by atoms with Crippen LogP contribution in [0.4, 0.5) is 0 Å². The van der Waals surface area contributed by atoms with Crippen LogP contribution >= 0.6 is 0 Å². The fourth-order valence-corrected chi connectivity index (χ4v) is 2.72. The summed E-state index contributed by atoms with van der Waals surface area (Å²) in [5, 5.41) is 13.3. The van der Waals surface area contributed by atoms with Crippen LogP contribution in [0.3, 0.4) is 0 Å². The summed E-state index contributed by atoms with van der Waals surface area (Å²) in [7, 11) is 1.65. The zero-order valence-corrected chi connectivity index (χ0v) is 12.6. The van der Waals surface area contributed by atoms with E-state index in [0.29, 0.717) is 32.4 Å². The molecule has 0 bridgehead atoms. The molecule has 4 heteroatoms. The van der Waals surface area contributed by atoms with Crippen molar-refractivity contribution in [2.24, 2.45) is 5.92 Å². The van der Waals surface area contributed by atoms with Crippen molar-refractivity contribution in [1.82, 2.24) is 5.32 Å². The maximum absolute atomic E-state index is 9.82. The summed E-state index contributed by atoms with van der Waals surface area (Å²) in [6.45, 7) is 4.37. The largest absolute Gasteiger partial charge is 0.389 e. The number of methoxy groups -OCH3 is 1. The molecule has 0 aromatic heterocycles. The second kappa shape index (κ2) is 10.6. The van der Waals surface area contributed by atoms with Crippen LogP contribution in [-0.2, 0) is 9.47 Å². The van der Waals surface area contributed by atoms with E-state index >= 15 is 0 Å². The first-order valence-corrected chi connectivity index (χ1v) is 7.72. The zero-order valence-electron chi connectivity index (χ0n) is 12.6. The third kappa shape index (κ3) is 7.88. The van der Waals surface area contributed by atoms with E-state index < -0.39 is 6.10 Å². The van der Waals surface area contributed by atoms with Gasteiger partial charge in [-0.3, -0.25) is 0 Å². The molecule has 4 nitrogen and oxygen atoms in total. The van der Waals surface area contributed by atoms with Crippen LogP contribution in [0, 0.1) is 5.92 Å². The summed E-state index contributed by atoms with van der Waals surface area (Å²) in [6, 6.07) is 0.492. The van der Waals surface area contributed by atoms with E-state index in [4.69, 9.17) is 9.47 Å². The first-order valence-electron chi connectivity index (χ1n) is 7.72. The topological polar surface area (TPSA) is 50.7 Å². The van der Waals surface area contributed by atoms with Gasteiger partial charge >= 0.3 is 0 Å². The van der Waals surface area contributed by atoms with Crippen LogP contribution < -0.4 is 5.32 Å². The molecule has 1 aliphatic rings. The Hall–Kier alpha value is -0.160. The normalized spacial score (nSPS) is 21.0. The van der Waals surface area contributed by atoms with E-state index in [1.165, 1.54) is 38.5 Å². The summed E-state index contributed by atoms with van der Waals surface area (Å²) < 4.78 is 10.2. The molecule has 0 heterocycles. The summed E-state index contributed by atoms with van der Waals surface area (Å²) >= 11 is 0. The number of ether oxygens (including phenoxy) is 2. The Morgan fingerprint density at radius 1 is 1.16 bits per heavy atom. The predicted molar refractivity (Wildman–Crippen MR) is 77.4 cm³/mol. The van der Waals surface area contributed by atoms with Crippen LogP contribution in [0.1, 0.15) is 45.4 Å². The second-order valence-corrected chi connectivity index (χ2v) is 5.67. The third-order valence-corrected chi connectivity index (χ3v) is 4.02. The molecule has 0 saturated heterocycles. The SMILES string of the molecule is COCCOCC(O)CN[C@H](C)C1CCCCCC1. The van der Waals surface area contributed by atoms with Gasteiger partial charge in [0.25, 0.3) is 0 Å². The highest BCUT2D eigenvalue weighted by Crippen LogP contribution is 2.25. The van der Waals surface area contributed by atoms with Crippen LogP contribution in [-0.4, -0.2) is 50.7 Å². The van der Waals surface area contributed by atoms with Gasteiger partial charge in [0.15, 0.2) is 0 Å². The molecule has 0 amide bonds.